The third-order valence-electron chi connectivity index (χ3n) is 5.80. The fourth-order valence-corrected chi connectivity index (χ4v) is 4.63. The average molecular weight is 316 g/mol. The molecule has 0 aromatic heterocycles. The quantitative estimate of drug-likeness (QED) is 0.785. The number of aliphatic imine (C=N–C) groups is 1. The summed E-state index contributed by atoms with van der Waals surface area (Å²) in [5.41, 5.74) is 5.84. The highest BCUT2D eigenvalue weighted by molar-refractivity contribution is 5.96. The largest absolute Gasteiger partial charge is 0.335 e. The molecule has 3 nitrogen and oxygen atoms in total. The standard InChI is InChI=1S/C21H20N2O/c24-21(16-8-7-14-9-10-22-19(14)12-16)23-11-3-6-18-17-5-2-1-4-15(17)13-20(18)23/h1-2,4-5,7-8,10,12,18,20H,3,6,9,11,13H2/t18?,20-/m0/s1. The molecule has 3 heteroatoms. The molecule has 120 valence electrons. The van der Waals surface area contributed by atoms with Crippen molar-refractivity contribution in [1.29, 1.82) is 0 Å². The van der Waals surface area contributed by atoms with E-state index in [4.69, 9.17) is 0 Å². The van der Waals surface area contributed by atoms with Gasteiger partial charge < -0.3 is 4.90 Å². The molecule has 0 N–H and O–H groups in total. The van der Waals surface area contributed by atoms with Crippen molar-refractivity contribution in [3.05, 3.63) is 64.7 Å². The topological polar surface area (TPSA) is 32.7 Å². The van der Waals surface area contributed by atoms with Crippen LogP contribution in [0, 0.1) is 0 Å². The van der Waals surface area contributed by atoms with Gasteiger partial charge in [0.05, 0.1) is 5.69 Å². The smallest absolute Gasteiger partial charge is 0.254 e. The fourth-order valence-electron chi connectivity index (χ4n) is 4.63. The van der Waals surface area contributed by atoms with Crippen LogP contribution in [0.2, 0.25) is 0 Å². The van der Waals surface area contributed by atoms with Gasteiger partial charge in [-0.1, -0.05) is 30.3 Å². The molecule has 24 heavy (non-hydrogen) atoms. The van der Waals surface area contributed by atoms with Crippen molar-refractivity contribution in [2.45, 2.75) is 37.6 Å². The Balaban J connectivity index is 1.47. The molecule has 0 saturated carbocycles. The maximum absolute atomic E-state index is 13.2. The molecular formula is C21H20N2O. The molecule has 1 unspecified atom stereocenters. The number of likely N-dealkylation sites (tertiary alicyclic amines) is 1. The van der Waals surface area contributed by atoms with E-state index in [2.05, 4.69) is 40.2 Å². The first kappa shape index (κ1) is 14.0. The van der Waals surface area contributed by atoms with E-state index in [1.54, 1.807) is 0 Å². The van der Waals surface area contributed by atoms with Gasteiger partial charge in [-0.25, -0.2) is 0 Å². The molecule has 5 rings (SSSR count). The summed E-state index contributed by atoms with van der Waals surface area (Å²) in [5.74, 6) is 0.675. The van der Waals surface area contributed by atoms with Crippen LogP contribution in [0.4, 0.5) is 5.69 Å². The summed E-state index contributed by atoms with van der Waals surface area (Å²) < 4.78 is 0. The summed E-state index contributed by atoms with van der Waals surface area (Å²) >= 11 is 0. The maximum atomic E-state index is 13.2. The molecule has 2 aromatic rings. The third kappa shape index (κ3) is 2.04. The van der Waals surface area contributed by atoms with Crippen molar-refractivity contribution in [3.63, 3.8) is 0 Å². The van der Waals surface area contributed by atoms with Crippen molar-refractivity contribution in [2.75, 3.05) is 6.54 Å². The Morgan fingerprint density at radius 3 is 3.00 bits per heavy atom. The van der Waals surface area contributed by atoms with Crippen molar-refractivity contribution < 1.29 is 4.79 Å². The lowest BCUT2D eigenvalue weighted by Crippen LogP contribution is -2.46. The Morgan fingerprint density at radius 1 is 1.12 bits per heavy atom. The van der Waals surface area contributed by atoms with E-state index in [0.29, 0.717) is 12.0 Å². The molecule has 1 saturated heterocycles. The Labute approximate surface area is 142 Å². The average Bonchev–Trinajstić information content (AvgIpc) is 3.24. The molecule has 2 aromatic carbocycles. The van der Waals surface area contributed by atoms with Crippen molar-refractivity contribution in [3.8, 4) is 0 Å². The number of fused-ring (bicyclic) bond motifs is 4. The van der Waals surface area contributed by atoms with Gasteiger partial charge in [0, 0.05) is 36.7 Å². The van der Waals surface area contributed by atoms with Crippen molar-refractivity contribution in [2.24, 2.45) is 4.99 Å². The highest BCUT2D eigenvalue weighted by Crippen LogP contribution is 2.42. The van der Waals surface area contributed by atoms with Crippen LogP contribution in [0.1, 0.15) is 45.8 Å². The van der Waals surface area contributed by atoms with E-state index in [0.717, 1.165) is 37.1 Å². The number of carbonyl (C=O) groups is 1. The number of benzene rings is 2. The van der Waals surface area contributed by atoms with Gasteiger partial charge in [-0.3, -0.25) is 9.79 Å². The molecule has 0 spiro atoms. The lowest BCUT2D eigenvalue weighted by Gasteiger charge is -2.38. The number of hydrogen-bond donors (Lipinski definition) is 0. The second kappa shape index (κ2) is 5.30. The molecule has 2 heterocycles. The number of amides is 1. The first-order valence-corrected chi connectivity index (χ1v) is 8.85. The minimum absolute atomic E-state index is 0.169. The molecular weight excluding hydrogens is 296 g/mol. The van der Waals surface area contributed by atoms with Gasteiger partial charge in [0.2, 0.25) is 0 Å². The van der Waals surface area contributed by atoms with E-state index in [-0.39, 0.29) is 5.91 Å². The summed E-state index contributed by atoms with van der Waals surface area (Å²) in [7, 11) is 0. The SMILES string of the molecule is O=C(c1ccc2c(c1)N=CC2)N1CCCC2c3ccccc3C[C@@H]21. The number of carbonyl (C=O) groups excluding carboxylic acids is 1. The Morgan fingerprint density at radius 2 is 2.04 bits per heavy atom. The van der Waals surface area contributed by atoms with Crippen LogP contribution in [-0.4, -0.2) is 29.6 Å². The highest BCUT2D eigenvalue weighted by Gasteiger charge is 2.40. The highest BCUT2D eigenvalue weighted by atomic mass is 16.2. The van der Waals surface area contributed by atoms with Gasteiger partial charge in [-0.15, -0.1) is 0 Å². The lowest BCUT2D eigenvalue weighted by atomic mass is 9.88. The molecule has 2 aliphatic heterocycles. The second-order valence-electron chi connectivity index (χ2n) is 7.08. The molecule has 0 radical (unpaired) electrons. The zero-order chi connectivity index (χ0) is 16.1. The normalized spacial score (nSPS) is 23.8. The van der Waals surface area contributed by atoms with Gasteiger partial charge in [-0.2, -0.15) is 0 Å². The first-order valence-electron chi connectivity index (χ1n) is 8.85. The van der Waals surface area contributed by atoms with Crippen LogP contribution >= 0.6 is 0 Å². The minimum atomic E-state index is 0.169. The fraction of sp³-hybridized carbons (Fsp3) is 0.333. The van der Waals surface area contributed by atoms with Crippen LogP contribution in [0.25, 0.3) is 0 Å². The summed E-state index contributed by atoms with van der Waals surface area (Å²) in [6, 6.07) is 15.0. The number of hydrogen-bond acceptors (Lipinski definition) is 2. The first-order chi connectivity index (χ1) is 11.8. The van der Waals surface area contributed by atoms with Gasteiger partial charge in [0.15, 0.2) is 0 Å². The van der Waals surface area contributed by atoms with E-state index >= 15 is 0 Å². The maximum Gasteiger partial charge on any atom is 0.254 e. The summed E-state index contributed by atoms with van der Waals surface area (Å²) in [6.45, 7) is 0.869. The van der Waals surface area contributed by atoms with E-state index in [1.165, 1.54) is 23.1 Å². The van der Waals surface area contributed by atoms with E-state index in [1.807, 2.05) is 18.3 Å². The van der Waals surface area contributed by atoms with Crippen LogP contribution in [0.5, 0.6) is 0 Å². The van der Waals surface area contributed by atoms with E-state index < -0.39 is 0 Å². The molecule has 1 fully saturated rings. The monoisotopic (exact) mass is 316 g/mol. The molecule has 3 aliphatic rings. The van der Waals surface area contributed by atoms with Crippen molar-refractivity contribution in [1.82, 2.24) is 4.90 Å². The Hall–Kier alpha value is -2.42. The zero-order valence-electron chi connectivity index (χ0n) is 13.6. The predicted molar refractivity (Wildman–Crippen MR) is 95.2 cm³/mol. The number of piperidine rings is 1. The molecule has 0 bridgehead atoms. The van der Waals surface area contributed by atoms with Crippen molar-refractivity contribution >= 4 is 17.8 Å². The van der Waals surface area contributed by atoms with E-state index in [9.17, 15) is 4.79 Å². The summed E-state index contributed by atoms with van der Waals surface area (Å²) in [5, 5.41) is 0. The van der Waals surface area contributed by atoms with Gasteiger partial charge in [-0.05, 0) is 48.1 Å². The molecule has 1 amide bonds. The number of nitrogens with zero attached hydrogens (tertiary/aromatic N) is 2. The Kier molecular flexibility index (Phi) is 3.09. The zero-order valence-corrected chi connectivity index (χ0v) is 13.6. The minimum Gasteiger partial charge on any atom is -0.335 e. The third-order valence-corrected chi connectivity index (χ3v) is 5.80. The lowest BCUT2D eigenvalue weighted by molar-refractivity contribution is 0.0595. The summed E-state index contributed by atoms with van der Waals surface area (Å²) in [6.07, 6.45) is 6.08. The second-order valence-corrected chi connectivity index (χ2v) is 7.08. The summed E-state index contributed by atoms with van der Waals surface area (Å²) in [4.78, 5) is 19.7. The molecule has 1 aliphatic carbocycles. The number of rotatable bonds is 1. The van der Waals surface area contributed by atoms with Crippen LogP contribution < -0.4 is 0 Å². The predicted octanol–water partition coefficient (Wildman–Crippen LogP) is 3.89. The molecule has 2 atom stereocenters. The van der Waals surface area contributed by atoms with Crippen LogP contribution in [0.3, 0.4) is 0 Å². The Bertz CT molecular complexity index is 855. The van der Waals surface area contributed by atoms with Gasteiger partial charge in [0.1, 0.15) is 0 Å². The van der Waals surface area contributed by atoms with Gasteiger partial charge in [0.25, 0.3) is 5.91 Å². The van der Waals surface area contributed by atoms with Gasteiger partial charge >= 0.3 is 0 Å². The van der Waals surface area contributed by atoms with Crippen LogP contribution in [0.15, 0.2) is 47.5 Å². The van der Waals surface area contributed by atoms with Crippen LogP contribution in [-0.2, 0) is 12.8 Å².